The molecule has 12 rings (SSSR count). The molecule has 14 unspecified atom stereocenters. The van der Waals surface area contributed by atoms with Crippen LogP contribution in [0.3, 0.4) is 0 Å². The largest absolute Gasteiger partial charge is 0.391 e. The number of carbonyl (C=O) groups excluding carboxylic acids is 12. The van der Waals surface area contributed by atoms with Gasteiger partial charge in [-0.15, -0.1) is 34.0 Å². The summed E-state index contributed by atoms with van der Waals surface area (Å²) in [6, 6.07) is 25.1. The molecule has 7 aromatic rings. The lowest BCUT2D eigenvalue weighted by Gasteiger charge is -2.38. The Kier molecular flexibility index (Phi) is 39.1. The molecular weight excluding hydrogens is 1860 g/mol. The Bertz CT molecular complexity index is 5460. The molecule has 1 aliphatic carbocycles. The van der Waals surface area contributed by atoms with Gasteiger partial charge >= 0.3 is 0 Å². The Morgan fingerprint density at radius 2 is 0.707 bits per heavy atom. The van der Waals surface area contributed by atoms with Gasteiger partial charge in [-0.25, -0.2) is 19.3 Å². The van der Waals surface area contributed by atoms with Gasteiger partial charge in [0, 0.05) is 104 Å². The van der Waals surface area contributed by atoms with E-state index in [9.17, 15) is 78.0 Å². The summed E-state index contributed by atoms with van der Waals surface area (Å²) in [6.07, 6.45) is 2.45. The van der Waals surface area contributed by atoms with Crippen molar-refractivity contribution in [3.8, 4) is 31.3 Å². The number of nitrogens with zero attached hydrogens (tertiary/aromatic N) is 7. The lowest BCUT2D eigenvalue weighted by Crippen LogP contribution is -2.60. The van der Waals surface area contributed by atoms with Crippen molar-refractivity contribution in [3.63, 3.8) is 0 Å². The Labute approximate surface area is 843 Å². The molecule has 0 bridgehead atoms. The first-order valence-electron chi connectivity index (χ1n) is 48.9. The molecule has 27 nitrogen and oxygen atoms in total. The van der Waals surface area contributed by atoms with Gasteiger partial charge in [-0.05, 0) is 140 Å². The number of carbonyl (C=O) groups is 12. The highest BCUT2D eigenvalue weighted by Gasteiger charge is 2.51. The van der Waals surface area contributed by atoms with E-state index in [-0.39, 0.29) is 160 Å². The van der Waals surface area contributed by atoms with Crippen LogP contribution < -0.4 is 21.3 Å². The van der Waals surface area contributed by atoms with Crippen LogP contribution in [-0.4, -0.2) is 230 Å². The van der Waals surface area contributed by atoms with Crippen molar-refractivity contribution in [2.75, 3.05) is 26.2 Å². The zero-order chi connectivity index (χ0) is 104. The zero-order valence-corrected chi connectivity index (χ0v) is 89.2. The van der Waals surface area contributed by atoms with E-state index in [0.29, 0.717) is 17.9 Å². The van der Waals surface area contributed by atoms with Crippen LogP contribution in [0.25, 0.3) is 31.3 Å². The maximum Gasteiger partial charge on any atom is 0.249 e. The highest BCUT2D eigenvalue weighted by Crippen LogP contribution is 2.39. The number of rotatable bonds is 30. The Morgan fingerprint density at radius 3 is 1.01 bits per heavy atom. The summed E-state index contributed by atoms with van der Waals surface area (Å²) in [4.78, 5) is 179. The molecule has 7 heterocycles. The number of hydrogen-bond donors (Lipinski definition) is 8. The van der Waals surface area contributed by atoms with Crippen molar-refractivity contribution in [1.29, 1.82) is 0 Å². The van der Waals surface area contributed by atoms with E-state index in [0.717, 1.165) is 89.9 Å². The number of thiazole rings is 3. The first-order chi connectivity index (χ1) is 65.1. The summed E-state index contributed by atoms with van der Waals surface area (Å²) >= 11 is 10.7. The normalized spacial score (nSPS) is 20.4. The second-order valence-electron chi connectivity index (χ2n) is 44.6. The maximum absolute atomic E-state index is 15.0. The van der Waals surface area contributed by atoms with Crippen molar-refractivity contribution in [2.24, 2.45) is 38.9 Å². The Hall–Kier alpha value is -9.73. The number of hydrogen-bond acceptors (Lipinski definition) is 22. The zero-order valence-electron chi connectivity index (χ0n) is 86.0. The number of alkyl halides is 1. The third-order valence-electron chi connectivity index (χ3n) is 26.6. The average Bonchev–Trinajstić information content (AvgIpc) is 1.62. The summed E-state index contributed by atoms with van der Waals surface area (Å²) in [5.41, 5.74) is 10.5. The third kappa shape index (κ3) is 30.7. The molecular formula is C108H149ClFN11O16S3. The smallest absolute Gasteiger partial charge is 0.249 e. The quantitative estimate of drug-likeness (QED) is 0.0207. The second-order valence-corrected chi connectivity index (χ2v) is 47.6. The van der Waals surface area contributed by atoms with Crippen molar-refractivity contribution in [2.45, 2.75) is 340 Å². The van der Waals surface area contributed by atoms with Crippen LogP contribution in [0.15, 0.2) is 114 Å². The number of β-amino-alcohol motifs (C(OH)–C–C–N with tert-alkyl or cyclic N) is 4. The van der Waals surface area contributed by atoms with Gasteiger partial charge in [-0.1, -0.05) is 235 Å². The number of halogens is 2. The van der Waals surface area contributed by atoms with E-state index in [1.54, 1.807) is 108 Å². The molecule has 5 fully saturated rings. The van der Waals surface area contributed by atoms with E-state index in [2.05, 4.69) is 48.4 Å². The number of aliphatic hydroxyl groups excluding tert-OH is 4. The molecule has 5 aliphatic rings. The fraction of sp³-hybridized carbons (Fsp3) is 0.583. The van der Waals surface area contributed by atoms with Gasteiger partial charge in [-0.3, -0.25) is 57.5 Å². The van der Waals surface area contributed by atoms with Gasteiger partial charge in [0.25, 0.3) is 0 Å². The van der Waals surface area contributed by atoms with Crippen LogP contribution in [0.1, 0.15) is 267 Å². The van der Waals surface area contributed by atoms with Gasteiger partial charge in [0.05, 0.1) is 96.8 Å². The van der Waals surface area contributed by atoms with E-state index in [1.807, 2.05) is 179 Å². The molecule has 764 valence electrons. The molecule has 3 aromatic heterocycles. The van der Waals surface area contributed by atoms with E-state index in [1.165, 1.54) is 33.4 Å². The molecule has 140 heavy (non-hydrogen) atoms. The molecule has 8 amide bonds. The second kappa shape index (κ2) is 48.1. The monoisotopic (exact) mass is 2010 g/mol. The number of benzene rings is 4. The number of aryl methyl sites for hydroxylation is 5. The molecule has 8 N–H and O–H groups in total. The Morgan fingerprint density at radius 1 is 0.407 bits per heavy atom. The van der Waals surface area contributed by atoms with E-state index in [4.69, 9.17) is 11.6 Å². The average molecular weight is 2010 g/mol. The summed E-state index contributed by atoms with van der Waals surface area (Å²) in [7, 11) is 0. The summed E-state index contributed by atoms with van der Waals surface area (Å²) in [6.45, 7) is 43.2. The topological polar surface area (TPSA) is 386 Å². The van der Waals surface area contributed by atoms with Crippen LogP contribution in [0.5, 0.6) is 0 Å². The van der Waals surface area contributed by atoms with Crippen LogP contribution in [0.4, 0.5) is 4.39 Å². The van der Waals surface area contributed by atoms with Crippen LogP contribution >= 0.6 is 45.6 Å². The lowest BCUT2D eigenvalue weighted by molar-refractivity contribution is -0.145. The number of amides is 8. The number of Topliss-reactive ketones (excluding diaryl/α,β-unsaturated/α-hetero) is 4. The number of ketones is 4. The van der Waals surface area contributed by atoms with Crippen molar-refractivity contribution in [1.82, 2.24) is 55.8 Å². The minimum absolute atomic E-state index is 0.0261. The standard InChI is InChI=1S/C29H39N3O4S.C27H36FN3O4S.C27H37N3O4S.C25H37ClN2O4/c1-17(19-9-11-21(12-10-19)26-18(2)30-16-37-26)13-24(34)23-14-22(33)15-32(23)27(35)25(20-7-6-8-20)31-28(36)29(3,4)5;1-16-22(36-15-29-16)18-10-7-17(8-11-18)9-12-21(33)20-13-19(32)14-31(20)24(34)23(27(5,6)28)30-25(35)26(2,3)4;1-16(2)23(29-26(34)27(4,5)6)25(33)30-14-20(31)13-21(30)22(32)12-9-18-7-10-19(11-8-18)24-17(3)28-15-35-24;1-15(16-8-10-17(26)11-9-16)12-20(30)19-13-18(29)14-28(19)22(31)21(24(2,3)4)27-23(32)25(5,6)7/h9-12,16-17,20,22-23,25,33H,6-8,13-15H2,1-5H3,(H,31,36);7-8,10-11,15,19-20,23,32H,9,12-14H2,1-6H3,(H,30,35);7-8,10-11,15-16,20-21,23,31H,9,12-14H2,1-6H3,(H,29,34);8-11,15,18-19,21,29H,12-14H2,1-7H3,(H,27,32). The Balaban J connectivity index is 0.000000209. The number of likely N-dealkylation sites (tertiary alicyclic amines) is 4. The van der Waals surface area contributed by atoms with Gasteiger partial charge in [0.2, 0.25) is 47.3 Å². The summed E-state index contributed by atoms with van der Waals surface area (Å²) in [5, 5.41) is 53.1. The fourth-order valence-electron chi connectivity index (χ4n) is 17.5. The van der Waals surface area contributed by atoms with Crippen LogP contribution in [0.2, 0.25) is 5.02 Å². The molecule has 0 radical (unpaired) electrons. The van der Waals surface area contributed by atoms with Crippen molar-refractivity contribution in [3.05, 3.63) is 158 Å². The van der Waals surface area contributed by atoms with Crippen molar-refractivity contribution < 1.29 is 82.4 Å². The molecule has 4 aliphatic heterocycles. The molecule has 1 saturated carbocycles. The minimum Gasteiger partial charge on any atom is -0.391 e. The van der Waals surface area contributed by atoms with Gasteiger partial charge in [-0.2, -0.15) is 0 Å². The summed E-state index contributed by atoms with van der Waals surface area (Å²) < 4.78 is 15.0. The predicted octanol–water partition coefficient (Wildman–Crippen LogP) is 16.0. The first kappa shape index (κ1) is 114. The van der Waals surface area contributed by atoms with E-state index >= 15 is 4.39 Å². The highest BCUT2D eigenvalue weighted by molar-refractivity contribution is 7.14. The molecule has 4 aromatic carbocycles. The van der Waals surface area contributed by atoms with Crippen LogP contribution in [0, 0.1) is 59.7 Å². The SMILES string of the molecule is CC(CC(=O)C1CC(O)CN1C(=O)C(NC(=O)C(C)(C)C)C(C)(C)C)c1ccc(Cl)cc1.Cc1ncsc1-c1ccc(C(C)CC(=O)C2CC(O)CN2C(=O)C(NC(=O)C(C)(C)C)C2CCC2)cc1.Cc1ncsc1-c1ccc(CCC(=O)C2CC(O)CN2C(=O)C(NC(=O)C(C)(C)C)C(C)(C)F)cc1.Cc1ncsc1-c1ccc(CCC(=O)C2CC(O)CN2C(=O)C(NC(=O)C(C)(C)C)C(C)C)cc1. The molecule has 32 heteroatoms. The molecule has 4 saturated heterocycles. The molecule has 0 spiro atoms. The summed E-state index contributed by atoms with van der Waals surface area (Å²) in [5.74, 6) is -3.21. The van der Waals surface area contributed by atoms with E-state index < -0.39 is 117 Å². The number of aliphatic hydroxyl groups is 4. The maximum atomic E-state index is 15.0. The van der Waals surface area contributed by atoms with Gasteiger partial charge in [0.1, 0.15) is 29.8 Å². The molecule has 14 atom stereocenters. The van der Waals surface area contributed by atoms with Crippen LogP contribution in [-0.2, 0) is 70.4 Å². The van der Waals surface area contributed by atoms with Gasteiger partial charge in [0.15, 0.2) is 23.1 Å². The number of aromatic nitrogens is 3. The highest BCUT2D eigenvalue weighted by atomic mass is 35.5. The third-order valence-corrected chi connectivity index (χ3v) is 29.8. The first-order valence-corrected chi connectivity index (χ1v) is 51.9. The number of nitrogens with one attached hydrogen (secondary N) is 4. The minimum atomic E-state index is -2.06. The lowest BCUT2D eigenvalue weighted by atomic mass is 9.78. The van der Waals surface area contributed by atoms with Gasteiger partial charge < -0.3 is 61.3 Å². The predicted molar refractivity (Wildman–Crippen MR) is 548 cm³/mol. The van der Waals surface area contributed by atoms with Crippen molar-refractivity contribution >= 4 is 116 Å². The fourth-order valence-corrected chi connectivity index (χ4v) is 20.1.